The van der Waals surface area contributed by atoms with Gasteiger partial charge in [-0.1, -0.05) is 86.0 Å². The lowest BCUT2D eigenvalue weighted by molar-refractivity contribution is -0.0564. The topological polar surface area (TPSA) is 0 Å². The van der Waals surface area contributed by atoms with Crippen LogP contribution in [-0.4, -0.2) is 0 Å². The van der Waals surface area contributed by atoms with Crippen LogP contribution in [0.25, 0.3) is 0 Å². The second-order valence-corrected chi connectivity index (χ2v) is 11.9. The third-order valence-corrected chi connectivity index (χ3v) is 9.73. The molecule has 3 rings (SSSR count). The van der Waals surface area contributed by atoms with Crippen molar-refractivity contribution >= 4 is 0 Å². The van der Waals surface area contributed by atoms with Gasteiger partial charge in [-0.3, -0.25) is 0 Å². The highest BCUT2D eigenvalue weighted by molar-refractivity contribution is 5.05. The molecular formula is C27H50. The van der Waals surface area contributed by atoms with Gasteiger partial charge in [0, 0.05) is 0 Å². The largest absolute Gasteiger partial charge is 0.0654 e. The zero-order valence-electron chi connectivity index (χ0n) is 19.5. The van der Waals surface area contributed by atoms with Crippen LogP contribution in [0.3, 0.4) is 0 Å². The van der Waals surface area contributed by atoms with E-state index in [2.05, 4.69) is 34.6 Å². The summed E-state index contributed by atoms with van der Waals surface area (Å²) < 4.78 is 0. The fourth-order valence-electron chi connectivity index (χ4n) is 8.15. The summed E-state index contributed by atoms with van der Waals surface area (Å²) in [6.45, 7) is 12.6. The Morgan fingerprint density at radius 3 is 2.22 bits per heavy atom. The van der Waals surface area contributed by atoms with Crippen molar-refractivity contribution in [3.05, 3.63) is 0 Å². The predicted octanol–water partition coefficient (Wildman–Crippen LogP) is 9.03. The molecule has 0 aromatic heterocycles. The molecule has 0 N–H and O–H groups in total. The summed E-state index contributed by atoms with van der Waals surface area (Å²) in [4.78, 5) is 0. The molecule has 0 aliphatic heterocycles. The summed E-state index contributed by atoms with van der Waals surface area (Å²) in [7, 11) is 0. The van der Waals surface area contributed by atoms with Crippen molar-refractivity contribution < 1.29 is 0 Å². The summed E-state index contributed by atoms with van der Waals surface area (Å²) >= 11 is 0. The molecule has 5 atom stereocenters. The SMILES string of the molecule is CCCC1C(C2(C)CCCCC2)CCC2(C)C(CCCCC(C)C)CCC12. The Bertz CT molecular complexity index is 443. The van der Waals surface area contributed by atoms with Crippen LogP contribution < -0.4 is 0 Å². The molecule has 3 saturated carbocycles. The van der Waals surface area contributed by atoms with Crippen LogP contribution in [0.1, 0.15) is 131 Å². The third-order valence-electron chi connectivity index (χ3n) is 9.73. The van der Waals surface area contributed by atoms with Crippen molar-refractivity contribution in [1.82, 2.24) is 0 Å². The maximum absolute atomic E-state index is 2.74. The molecule has 0 saturated heterocycles. The molecule has 0 heteroatoms. The van der Waals surface area contributed by atoms with Crippen molar-refractivity contribution in [1.29, 1.82) is 0 Å². The molecule has 0 aromatic rings. The van der Waals surface area contributed by atoms with Crippen molar-refractivity contribution in [3.63, 3.8) is 0 Å². The summed E-state index contributed by atoms with van der Waals surface area (Å²) in [5.41, 5.74) is 1.36. The maximum Gasteiger partial charge on any atom is -0.0266 e. The molecule has 0 amide bonds. The lowest BCUT2D eigenvalue weighted by Gasteiger charge is -2.55. The van der Waals surface area contributed by atoms with Crippen LogP contribution in [0.4, 0.5) is 0 Å². The lowest BCUT2D eigenvalue weighted by atomic mass is 9.50. The number of hydrogen-bond donors (Lipinski definition) is 0. The number of rotatable bonds is 8. The highest BCUT2D eigenvalue weighted by atomic mass is 14.6. The van der Waals surface area contributed by atoms with Crippen LogP contribution >= 0.6 is 0 Å². The number of unbranched alkanes of at least 4 members (excludes halogenated alkanes) is 1. The minimum Gasteiger partial charge on any atom is -0.0654 e. The Balaban J connectivity index is 1.67. The van der Waals surface area contributed by atoms with Crippen molar-refractivity contribution in [2.24, 2.45) is 40.4 Å². The second kappa shape index (κ2) is 9.21. The molecule has 3 fully saturated rings. The van der Waals surface area contributed by atoms with E-state index in [0.717, 1.165) is 29.6 Å². The minimum absolute atomic E-state index is 0.675. The van der Waals surface area contributed by atoms with Crippen LogP contribution in [0.15, 0.2) is 0 Å². The molecule has 5 unspecified atom stereocenters. The first-order chi connectivity index (χ1) is 12.9. The second-order valence-electron chi connectivity index (χ2n) is 11.9. The molecule has 3 aliphatic rings. The van der Waals surface area contributed by atoms with Gasteiger partial charge in [-0.15, -0.1) is 0 Å². The van der Waals surface area contributed by atoms with E-state index in [1.165, 1.54) is 70.6 Å². The van der Waals surface area contributed by atoms with E-state index in [1.54, 1.807) is 25.7 Å². The van der Waals surface area contributed by atoms with Gasteiger partial charge in [0.25, 0.3) is 0 Å². The van der Waals surface area contributed by atoms with Gasteiger partial charge in [0.05, 0.1) is 0 Å². The monoisotopic (exact) mass is 374 g/mol. The first-order valence-electron chi connectivity index (χ1n) is 12.9. The fraction of sp³-hybridized carbons (Fsp3) is 1.00. The summed E-state index contributed by atoms with van der Waals surface area (Å²) in [5, 5.41) is 0. The van der Waals surface area contributed by atoms with Gasteiger partial charge in [-0.25, -0.2) is 0 Å². The first kappa shape index (κ1) is 21.7. The normalized spacial score (nSPS) is 38.9. The summed E-state index contributed by atoms with van der Waals surface area (Å²) in [6.07, 6.45) is 22.6. The third kappa shape index (κ3) is 4.61. The van der Waals surface area contributed by atoms with Gasteiger partial charge < -0.3 is 0 Å². The highest BCUT2D eigenvalue weighted by Crippen LogP contribution is 2.64. The zero-order chi connectivity index (χ0) is 19.5. The van der Waals surface area contributed by atoms with E-state index in [4.69, 9.17) is 0 Å². The molecule has 0 aromatic carbocycles. The fourth-order valence-corrected chi connectivity index (χ4v) is 8.15. The number of hydrogen-bond acceptors (Lipinski definition) is 0. The molecule has 0 spiro atoms. The van der Waals surface area contributed by atoms with Crippen molar-refractivity contribution in [2.45, 2.75) is 131 Å². The smallest absolute Gasteiger partial charge is 0.0266 e. The molecule has 27 heavy (non-hydrogen) atoms. The summed E-state index contributed by atoms with van der Waals surface area (Å²) in [5.74, 6) is 5.05. The molecular weight excluding hydrogens is 324 g/mol. The molecule has 0 heterocycles. The average molecular weight is 375 g/mol. The Hall–Kier alpha value is 0. The van der Waals surface area contributed by atoms with Gasteiger partial charge in [-0.2, -0.15) is 0 Å². The standard InChI is InChI=1S/C27H50/c1-6-12-23-24(26(4)18-10-7-11-19-26)17-20-27(5)22(15-16-25(23)27)14-9-8-13-21(2)3/h21-25H,6-20H2,1-5H3. The Labute approximate surface area is 171 Å². The van der Waals surface area contributed by atoms with Gasteiger partial charge >= 0.3 is 0 Å². The van der Waals surface area contributed by atoms with E-state index < -0.39 is 0 Å². The molecule has 3 aliphatic carbocycles. The Morgan fingerprint density at radius 1 is 0.815 bits per heavy atom. The maximum atomic E-state index is 2.74. The number of fused-ring (bicyclic) bond motifs is 1. The summed E-state index contributed by atoms with van der Waals surface area (Å²) in [6, 6.07) is 0. The highest BCUT2D eigenvalue weighted by Gasteiger charge is 2.55. The van der Waals surface area contributed by atoms with Crippen LogP contribution in [0.5, 0.6) is 0 Å². The molecule has 0 radical (unpaired) electrons. The minimum atomic E-state index is 0.675. The van der Waals surface area contributed by atoms with Gasteiger partial charge in [0.2, 0.25) is 0 Å². The van der Waals surface area contributed by atoms with Crippen LogP contribution in [-0.2, 0) is 0 Å². The Kier molecular flexibility index (Phi) is 7.40. The average Bonchev–Trinajstić information content (AvgIpc) is 2.96. The van der Waals surface area contributed by atoms with E-state index in [9.17, 15) is 0 Å². The van der Waals surface area contributed by atoms with E-state index >= 15 is 0 Å². The molecule has 0 nitrogen and oxygen atoms in total. The first-order valence-corrected chi connectivity index (χ1v) is 12.9. The van der Waals surface area contributed by atoms with Crippen molar-refractivity contribution in [2.75, 3.05) is 0 Å². The quantitative estimate of drug-likeness (QED) is 0.372. The van der Waals surface area contributed by atoms with Crippen molar-refractivity contribution in [3.8, 4) is 0 Å². The van der Waals surface area contributed by atoms with Gasteiger partial charge in [0.15, 0.2) is 0 Å². The zero-order valence-corrected chi connectivity index (χ0v) is 19.5. The van der Waals surface area contributed by atoms with E-state index in [-0.39, 0.29) is 0 Å². The van der Waals surface area contributed by atoms with Crippen LogP contribution in [0.2, 0.25) is 0 Å². The molecule has 158 valence electrons. The van der Waals surface area contributed by atoms with Gasteiger partial charge in [0.1, 0.15) is 0 Å². The van der Waals surface area contributed by atoms with E-state index in [1.807, 2.05) is 0 Å². The lowest BCUT2D eigenvalue weighted by Crippen LogP contribution is -2.47. The van der Waals surface area contributed by atoms with Crippen LogP contribution in [0, 0.1) is 40.4 Å². The molecule has 0 bridgehead atoms. The van der Waals surface area contributed by atoms with Gasteiger partial charge in [-0.05, 0) is 85.4 Å². The Morgan fingerprint density at radius 2 is 1.56 bits per heavy atom. The van der Waals surface area contributed by atoms with E-state index in [0.29, 0.717) is 10.8 Å². The predicted molar refractivity (Wildman–Crippen MR) is 120 cm³/mol.